The largest absolute Gasteiger partial charge is 0.495 e. The van der Waals surface area contributed by atoms with Gasteiger partial charge in [-0.05, 0) is 42.8 Å². The van der Waals surface area contributed by atoms with E-state index in [1.165, 1.54) is 7.11 Å². The highest BCUT2D eigenvalue weighted by atomic mass is 79.9. The number of amides is 2. The van der Waals surface area contributed by atoms with Gasteiger partial charge in [0.25, 0.3) is 0 Å². The number of nitrogens with one attached hydrogen (secondary N) is 2. The number of benzene rings is 2. The second-order valence-electron chi connectivity index (χ2n) is 4.93. The zero-order valence-corrected chi connectivity index (χ0v) is 14.4. The quantitative estimate of drug-likeness (QED) is 0.781. The van der Waals surface area contributed by atoms with Gasteiger partial charge >= 0.3 is 0 Å². The van der Waals surface area contributed by atoms with Crippen LogP contribution in [0, 0.1) is 6.92 Å². The van der Waals surface area contributed by atoms with Crippen molar-refractivity contribution in [3.63, 3.8) is 0 Å². The van der Waals surface area contributed by atoms with Gasteiger partial charge in [0.05, 0.1) is 12.8 Å². The van der Waals surface area contributed by atoms with Gasteiger partial charge in [0.1, 0.15) is 12.2 Å². The molecule has 0 heterocycles. The number of methoxy groups -OCH3 is 1. The molecule has 2 aromatic carbocycles. The highest BCUT2D eigenvalue weighted by Crippen LogP contribution is 2.23. The van der Waals surface area contributed by atoms with Crippen molar-refractivity contribution in [2.45, 2.75) is 13.3 Å². The Morgan fingerprint density at radius 1 is 1.04 bits per heavy atom. The Morgan fingerprint density at radius 3 is 2.35 bits per heavy atom. The first-order chi connectivity index (χ1) is 11.0. The lowest BCUT2D eigenvalue weighted by molar-refractivity contribution is -0.123. The summed E-state index contributed by atoms with van der Waals surface area (Å²) in [5.74, 6) is -0.227. The summed E-state index contributed by atoms with van der Waals surface area (Å²) in [7, 11) is 1.52. The molecular formula is C17H17BrN2O3. The summed E-state index contributed by atoms with van der Waals surface area (Å²) in [5.41, 5.74) is 2.13. The van der Waals surface area contributed by atoms with Crippen molar-refractivity contribution >= 4 is 39.1 Å². The first kappa shape index (κ1) is 17.0. The molecule has 0 radical (unpaired) electrons. The lowest BCUT2D eigenvalue weighted by atomic mass is 10.2. The number of aryl methyl sites for hydroxylation is 1. The predicted molar refractivity (Wildman–Crippen MR) is 93.7 cm³/mol. The fourth-order valence-electron chi connectivity index (χ4n) is 2.05. The molecule has 2 rings (SSSR count). The maximum Gasteiger partial charge on any atom is 0.233 e. The lowest BCUT2D eigenvalue weighted by Crippen LogP contribution is -2.22. The van der Waals surface area contributed by atoms with Crippen molar-refractivity contribution in [2.24, 2.45) is 0 Å². The highest BCUT2D eigenvalue weighted by molar-refractivity contribution is 9.10. The van der Waals surface area contributed by atoms with E-state index in [1.807, 2.05) is 19.1 Å². The van der Waals surface area contributed by atoms with E-state index < -0.39 is 5.91 Å². The number of hydrogen-bond acceptors (Lipinski definition) is 3. The minimum absolute atomic E-state index is 0.270. The van der Waals surface area contributed by atoms with Crippen molar-refractivity contribution in [1.82, 2.24) is 0 Å². The van der Waals surface area contributed by atoms with Gasteiger partial charge in [0.15, 0.2) is 0 Å². The normalized spacial score (nSPS) is 10.0. The molecule has 0 fully saturated rings. The maximum absolute atomic E-state index is 12.0. The predicted octanol–water partition coefficient (Wildman–Crippen LogP) is 3.73. The summed E-state index contributed by atoms with van der Waals surface area (Å²) in [6.45, 7) is 1.88. The van der Waals surface area contributed by atoms with Gasteiger partial charge < -0.3 is 15.4 Å². The van der Waals surface area contributed by atoms with Crippen LogP contribution in [-0.4, -0.2) is 18.9 Å². The number of carbonyl (C=O) groups is 2. The van der Waals surface area contributed by atoms with Crippen molar-refractivity contribution in [3.05, 3.63) is 52.5 Å². The van der Waals surface area contributed by atoms with Crippen molar-refractivity contribution in [3.8, 4) is 5.75 Å². The lowest BCUT2D eigenvalue weighted by Gasteiger charge is -2.11. The molecule has 5 nitrogen and oxygen atoms in total. The molecule has 0 aromatic heterocycles. The molecule has 23 heavy (non-hydrogen) atoms. The molecule has 120 valence electrons. The first-order valence-electron chi connectivity index (χ1n) is 6.98. The van der Waals surface area contributed by atoms with Gasteiger partial charge in [-0.1, -0.05) is 28.1 Å². The molecule has 0 atom stereocenters. The smallest absolute Gasteiger partial charge is 0.233 e. The maximum atomic E-state index is 12.0. The fourth-order valence-corrected chi connectivity index (χ4v) is 2.53. The molecule has 6 heteroatoms. The van der Waals surface area contributed by atoms with Crippen LogP contribution in [0.1, 0.15) is 12.0 Å². The van der Waals surface area contributed by atoms with E-state index in [1.54, 1.807) is 30.3 Å². The third-order valence-corrected chi connectivity index (χ3v) is 3.66. The van der Waals surface area contributed by atoms with E-state index in [4.69, 9.17) is 4.74 Å². The number of ether oxygens (including phenoxy) is 1. The van der Waals surface area contributed by atoms with Crippen LogP contribution in [0.2, 0.25) is 0 Å². The Bertz CT molecular complexity index is 732. The number of halogens is 1. The topological polar surface area (TPSA) is 67.4 Å². The number of carbonyl (C=O) groups excluding carboxylic acids is 2. The molecule has 0 saturated heterocycles. The SMILES string of the molecule is COc1ccccc1NC(=O)CC(=O)Nc1ccc(Br)cc1C. The van der Waals surface area contributed by atoms with Gasteiger partial charge in [-0.3, -0.25) is 9.59 Å². The average Bonchev–Trinajstić information content (AvgIpc) is 2.50. The van der Waals surface area contributed by atoms with Crippen LogP contribution >= 0.6 is 15.9 Å². The fraction of sp³-hybridized carbons (Fsp3) is 0.176. The molecule has 0 aliphatic carbocycles. The van der Waals surface area contributed by atoms with Crippen molar-refractivity contribution in [1.29, 1.82) is 0 Å². The highest BCUT2D eigenvalue weighted by Gasteiger charge is 2.12. The molecule has 0 aliphatic rings. The van der Waals surface area contributed by atoms with Gasteiger partial charge in [-0.25, -0.2) is 0 Å². The third-order valence-electron chi connectivity index (χ3n) is 3.16. The van der Waals surface area contributed by atoms with Crippen LogP contribution in [0.25, 0.3) is 0 Å². The van der Waals surface area contributed by atoms with E-state index in [2.05, 4.69) is 26.6 Å². The second-order valence-corrected chi connectivity index (χ2v) is 5.85. The van der Waals surface area contributed by atoms with Crippen LogP contribution in [0.4, 0.5) is 11.4 Å². The monoisotopic (exact) mass is 376 g/mol. The van der Waals surface area contributed by atoms with E-state index >= 15 is 0 Å². The Labute approximate surface area is 143 Å². The summed E-state index contributed by atoms with van der Waals surface area (Å²) in [6.07, 6.45) is -0.270. The Morgan fingerprint density at radius 2 is 1.70 bits per heavy atom. The van der Waals surface area contributed by atoms with E-state index in [0.717, 1.165) is 10.0 Å². The molecule has 0 aliphatic heterocycles. The van der Waals surface area contributed by atoms with Gasteiger partial charge in [-0.15, -0.1) is 0 Å². The Balaban J connectivity index is 1.96. The Kier molecular flexibility index (Phi) is 5.76. The summed E-state index contributed by atoms with van der Waals surface area (Å²) < 4.78 is 6.09. The Hall–Kier alpha value is -2.34. The first-order valence-corrected chi connectivity index (χ1v) is 7.78. The number of rotatable bonds is 5. The second kappa shape index (κ2) is 7.78. The number of para-hydroxylation sites is 2. The summed E-state index contributed by atoms with van der Waals surface area (Å²) in [5, 5.41) is 5.40. The minimum atomic E-state index is -0.401. The van der Waals surface area contributed by atoms with Crippen LogP contribution < -0.4 is 15.4 Å². The molecule has 0 spiro atoms. The third kappa shape index (κ3) is 4.82. The summed E-state index contributed by atoms with van der Waals surface area (Å²) in [6, 6.07) is 12.5. The minimum Gasteiger partial charge on any atom is -0.495 e. The average molecular weight is 377 g/mol. The summed E-state index contributed by atoms with van der Waals surface area (Å²) >= 11 is 3.36. The summed E-state index contributed by atoms with van der Waals surface area (Å²) in [4.78, 5) is 24.0. The van der Waals surface area contributed by atoms with Crippen LogP contribution in [0.5, 0.6) is 5.75 Å². The van der Waals surface area contributed by atoms with Crippen LogP contribution in [0.15, 0.2) is 46.9 Å². The van der Waals surface area contributed by atoms with Crippen molar-refractivity contribution in [2.75, 3.05) is 17.7 Å². The molecule has 0 unspecified atom stereocenters. The van der Waals surface area contributed by atoms with Crippen LogP contribution in [0.3, 0.4) is 0 Å². The van der Waals surface area contributed by atoms with Crippen LogP contribution in [-0.2, 0) is 9.59 Å². The van der Waals surface area contributed by atoms with Gasteiger partial charge in [0.2, 0.25) is 11.8 Å². The molecular weight excluding hydrogens is 360 g/mol. The zero-order valence-electron chi connectivity index (χ0n) is 12.9. The van der Waals surface area contributed by atoms with Crippen molar-refractivity contribution < 1.29 is 14.3 Å². The number of hydrogen-bond donors (Lipinski definition) is 2. The molecule has 0 saturated carbocycles. The molecule has 0 bridgehead atoms. The standard InChI is InChI=1S/C17H17BrN2O3/c1-11-9-12(18)7-8-13(11)19-16(21)10-17(22)20-14-5-3-4-6-15(14)23-2/h3-9H,10H2,1-2H3,(H,19,21)(H,20,22). The van der Waals surface area contributed by atoms with Gasteiger partial charge in [0, 0.05) is 10.2 Å². The zero-order chi connectivity index (χ0) is 16.8. The van der Waals surface area contributed by atoms with E-state index in [0.29, 0.717) is 17.1 Å². The number of anilines is 2. The van der Waals surface area contributed by atoms with Gasteiger partial charge in [-0.2, -0.15) is 0 Å². The van der Waals surface area contributed by atoms with E-state index in [-0.39, 0.29) is 12.3 Å². The molecule has 2 amide bonds. The molecule has 2 N–H and O–H groups in total. The van der Waals surface area contributed by atoms with E-state index in [9.17, 15) is 9.59 Å². The molecule has 2 aromatic rings.